The molecule has 3 aliphatic rings. The zero-order chi connectivity index (χ0) is 20.9. The number of hydrogen-bond donors (Lipinski definition) is 1. The molecule has 3 heterocycles. The number of ether oxygens (including phenoxy) is 2. The topological polar surface area (TPSA) is 85.7 Å². The molecule has 0 bridgehead atoms. The Morgan fingerprint density at radius 2 is 1.90 bits per heavy atom. The van der Waals surface area contributed by atoms with E-state index in [1.54, 1.807) is 18.2 Å². The van der Waals surface area contributed by atoms with Crippen molar-refractivity contribution in [1.29, 1.82) is 0 Å². The van der Waals surface area contributed by atoms with Gasteiger partial charge in [0.05, 0.1) is 17.5 Å². The molecule has 3 aromatic rings. The largest absolute Gasteiger partial charge is 0.454 e. The Morgan fingerprint density at radius 1 is 1.10 bits per heavy atom. The zero-order valence-corrected chi connectivity index (χ0v) is 16.9. The summed E-state index contributed by atoms with van der Waals surface area (Å²) in [6.07, 6.45) is 4.23. The number of benzene rings is 2. The molecule has 0 spiro atoms. The zero-order valence-electron chi connectivity index (χ0n) is 16.9. The summed E-state index contributed by atoms with van der Waals surface area (Å²) in [5, 5.41) is 2.90. The van der Waals surface area contributed by atoms with Gasteiger partial charge in [0.25, 0.3) is 5.91 Å². The van der Waals surface area contributed by atoms with E-state index in [4.69, 9.17) is 14.5 Å². The first-order chi connectivity index (χ1) is 15.2. The maximum atomic E-state index is 13.4. The molecule has 2 aromatic carbocycles. The summed E-state index contributed by atoms with van der Waals surface area (Å²) < 4.78 is 12.6. The molecule has 31 heavy (non-hydrogen) atoms. The fraction of sp³-hybridized carbons (Fsp3) is 0.348. The van der Waals surface area contributed by atoms with Crippen LogP contribution in [0.2, 0.25) is 0 Å². The number of hydrogen-bond acceptors (Lipinski definition) is 5. The number of rotatable bonds is 4. The first-order valence-corrected chi connectivity index (χ1v) is 10.7. The third-order valence-corrected chi connectivity index (χ3v) is 6.35. The van der Waals surface area contributed by atoms with Gasteiger partial charge in [0.15, 0.2) is 11.5 Å². The van der Waals surface area contributed by atoms with Gasteiger partial charge in [-0.05, 0) is 37.1 Å². The molecule has 1 aromatic heterocycles. The van der Waals surface area contributed by atoms with Gasteiger partial charge in [-0.1, -0.05) is 25.0 Å². The van der Waals surface area contributed by atoms with E-state index in [9.17, 15) is 9.59 Å². The van der Waals surface area contributed by atoms with Gasteiger partial charge < -0.3 is 14.8 Å². The van der Waals surface area contributed by atoms with Crippen LogP contribution in [-0.2, 0) is 9.59 Å². The van der Waals surface area contributed by atoms with Gasteiger partial charge in [-0.3, -0.25) is 19.1 Å². The van der Waals surface area contributed by atoms with Crippen LogP contribution >= 0.6 is 0 Å². The molecule has 2 amide bonds. The fourth-order valence-corrected chi connectivity index (χ4v) is 4.92. The Hall–Kier alpha value is -3.55. The summed E-state index contributed by atoms with van der Waals surface area (Å²) in [5.74, 6) is 1.66. The van der Waals surface area contributed by atoms with Crippen molar-refractivity contribution in [3.05, 3.63) is 42.5 Å². The lowest BCUT2D eigenvalue weighted by Gasteiger charge is -2.22. The second-order valence-electron chi connectivity index (χ2n) is 8.25. The SMILES string of the molecule is O=C(CC1C(=O)N(C2CCCC2)c2nc3ccccc3n21)Nc1ccc2c(c1)OCO2. The summed E-state index contributed by atoms with van der Waals surface area (Å²) in [5.41, 5.74) is 2.34. The fourth-order valence-electron chi connectivity index (χ4n) is 4.92. The molecule has 6 rings (SSSR count). The van der Waals surface area contributed by atoms with Crippen LogP contribution in [0.25, 0.3) is 11.0 Å². The van der Waals surface area contributed by atoms with Crippen LogP contribution in [-0.4, -0.2) is 34.2 Å². The van der Waals surface area contributed by atoms with Crippen LogP contribution in [0.5, 0.6) is 11.5 Å². The molecular formula is C23H22N4O4. The van der Waals surface area contributed by atoms with E-state index in [2.05, 4.69) is 5.32 Å². The second kappa shape index (κ2) is 7.01. The smallest absolute Gasteiger partial charge is 0.253 e. The summed E-state index contributed by atoms with van der Waals surface area (Å²) in [7, 11) is 0. The standard InChI is InChI=1S/C23H22N4O4/c28-21(24-14-9-10-19-20(11-14)31-13-30-19)12-18-22(29)26(15-5-1-2-6-15)23-25-16-7-3-4-8-17(16)27(18)23/h3-4,7-11,15,18H,1-2,5-6,12-13H2,(H,24,28). The summed E-state index contributed by atoms with van der Waals surface area (Å²) in [4.78, 5) is 33.0. The van der Waals surface area contributed by atoms with Gasteiger partial charge in [0.2, 0.25) is 18.6 Å². The molecule has 1 atom stereocenters. The molecule has 158 valence electrons. The Labute approximate surface area is 178 Å². The monoisotopic (exact) mass is 418 g/mol. The number of fused-ring (bicyclic) bond motifs is 4. The molecule has 0 radical (unpaired) electrons. The highest BCUT2D eigenvalue weighted by Crippen LogP contribution is 2.41. The molecule has 1 fully saturated rings. The molecule has 8 heteroatoms. The number of nitrogens with zero attached hydrogens (tertiary/aromatic N) is 3. The number of aromatic nitrogens is 2. The molecular weight excluding hydrogens is 396 g/mol. The first-order valence-electron chi connectivity index (χ1n) is 10.7. The Morgan fingerprint density at radius 3 is 2.77 bits per heavy atom. The van der Waals surface area contributed by atoms with E-state index in [-0.39, 0.29) is 31.1 Å². The van der Waals surface area contributed by atoms with Crippen molar-refractivity contribution in [2.45, 2.75) is 44.2 Å². The van der Waals surface area contributed by atoms with Crippen LogP contribution in [0.4, 0.5) is 11.6 Å². The van der Waals surface area contributed by atoms with E-state index in [1.165, 1.54) is 0 Å². The van der Waals surface area contributed by atoms with Crippen molar-refractivity contribution in [2.75, 3.05) is 17.0 Å². The third kappa shape index (κ3) is 2.93. The number of para-hydroxylation sites is 2. The Bertz CT molecular complexity index is 1200. The molecule has 2 aliphatic heterocycles. The highest BCUT2D eigenvalue weighted by Gasteiger charge is 2.44. The normalized spacial score (nSPS) is 19.9. The van der Waals surface area contributed by atoms with Crippen molar-refractivity contribution in [2.24, 2.45) is 0 Å². The number of nitrogens with one attached hydrogen (secondary N) is 1. The second-order valence-corrected chi connectivity index (χ2v) is 8.25. The average Bonchev–Trinajstić information content (AvgIpc) is 3.54. The van der Waals surface area contributed by atoms with Gasteiger partial charge in [-0.15, -0.1) is 0 Å². The predicted octanol–water partition coefficient (Wildman–Crippen LogP) is 3.62. The van der Waals surface area contributed by atoms with Gasteiger partial charge in [0, 0.05) is 17.8 Å². The van der Waals surface area contributed by atoms with Crippen molar-refractivity contribution in [3.63, 3.8) is 0 Å². The average molecular weight is 418 g/mol. The highest BCUT2D eigenvalue weighted by molar-refractivity contribution is 6.05. The lowest BCUT2D eigenvalue weighted by molar-refractivity contribution is -0.125. The summed E-state index contributed by atoms with van der Waals surface area (Å²) in [6, 6.07) is 12.6. The van der Waals surface area contributed by atoms with Crippen LogP contribution < -0.4 is 19.7 Å². The van der Waals surface area contributed by atoms with Crippen molar-refractivity contribution >= 4 is 34.5 Å². The number of amides is 2. The minimum Gasteiger partial charge on any atom is -0.454 e. The van der Waals surface area contributed by atoms with E-state index >= 15 is 0 Å². The molecule has 1 N–H and O–H groups in total. The predicted molar refractivity (Wildman–Crippen MR) is 114 cm³/mol. The Balaban J connectivity index is 1.30. The first kappa shape index (κ1) is 18.2. The van der Waals surface area contributed by atoms with Crippen LogP contribution in [0.1, 0.15) is 38.1 Å². The third-order valence-electron chi connectivity index (χ3n) is 6.35. The highest BCUT2D eigenvalue weighted by atomic mass is 16.7. The van der Waals surface area contributed by atoms with Crippen molar-refractivity contribution in [3.8, 4) is 11.5 Å². The molecule has 1 aliphatic carbocycles. The summed E-state index contributed by atoms with van der Waals surface area (Å²) in [6.45, 7) is 0.177. The van der Waals surface area contributed by atoms with Crippen LogP contribution in [0.15, 0.2) is 42.5 Å². The Kier molecular flexibility index (Phi) is 4.12. The number of carbonyl (C=O) groups is 2. The van der Waals surface area contributed by atoms with E-state index in [1.807, 2.05) is 33.7 Å². The van der Waals surface area contributed by atoms with Gasteiger partial charge >= 0.3 is 0 Å². The van der Waals surface area contributed by atoms with E-state index < -0.39 is 6.04 Å². The minimum absolute atomic E-state index is 0.0408. The lowest BCUT2D eigenvalue weighted by Crippen LogP contribution is -2.38. The quantitative estimate of drug-likeness (QED) is 0.699. The minimum atomic E-state index is -0.600. The van der Waals surface area contributed by atoms with Gasteiger partial charge in [0.1, 0.15) is 6.04 Å². The van der Waals surface area contributed by atoms with Crippen LogP contribution in [0.3, 0.4) is 0 Å². The molecule has 8 nitrogen and oxygen atoms in total. The maximum Gasteiger partial charge on any atom is 0.253 e. The number of anilines is 2. The van der Waals surface area contributed by atoms with Crippen molar-refractivity contribution < 1.29 is 19.1 Å². The van der Waals surface area contributed by atoms with Crippen LogP contribution in [0, 0.1) is 0 Å². The van der Waals surface area contributed by atoms with E-state index in [0.717, 1.165) is 36.7 Å². The molecule has 0 saturated heterocycles. The molecule has 1 unspecified atom stereocenters. The number of imidazole rings is 1. The number of carbonyl (C=O) groups excluding carboxylic acids is 2. The van der Waals surface area contributed by atoms with Gasteiger partial charge in [-0.25, -0.2) is 4.98 Å². The maximum absolute atomic E-state index is 13.4. The molecule has 1 saturated carbocycles. The summed E-state index contributed by atoms with van der Waals surface area (Å²) >= 11 is 0. The van der Waals surface area contributed by atoms with E-state index in [0.29, 0.717) is 23.1 Å². The lowest BCUT2D eigenvalue weighted by atomic mass is 10.1. The van der Waals surface area contributed by atoms with Gasteiger partial charge in [-0.2, -0.15) is 0 Å². The van der Waals surface area contributed by atoms with Crippen molar-refractivity contribution in [1.82, 2.24) is 9.55 Å².